The fourth-order valence-electron chi connectivity index (χ4n) is 2.97. The van der Waals surface area contributed by atoms with Gasteiger partial charge in [0.1, 0.15) is 6.10 Å². The molecule has 0 spiro atoms. The molecule has 1 heterocycles. The van der Waals surface area contributed by atoms with Gasteiger partial charge in [-0.3, -0.25) is 0 Å². The van der Waals surface area contributed by atoms with Gasteiger partial charge in [-0.25, -0.2) is 4.79 Å². The fraction of sp³-hybridized carbons (Fsp3) is 0.929. The van der Waals surface area contributed by atoms with Crippen LogP contribution in [0.3, 0.4) is 0 Å². The first-order valence-corrected chi connectivity index (χ1v) is 8.18. The standard InChI is InChI=1S/C14H24O4S/c1-8(2)10-5-4-9(3)6-11(10)17-13(16)14-18-12(15)7-19-14/h8-12,14-15H,4-7H2,1-3H3/t9?,10-,11?,12?,14+/m0/s1. The lowest BCUT2D eigenvalue weighted by Crippen LogP contribution is -2.38. The van der Waals surface area contributed by atoms with Crippen molar-refractivity contribution in [3.8, 4) is 0 Å². The summed E-state index contributed by atoms with van der Waals surface area (Å²) < 4.78 is 10.8. The maximum Gasteiger partial charge on any atom is 0.346 e. The van der Waals surface area contributed by atoms with Gasteiger partial charge in [0.2, 0.25) is 5.44 Å². The second-order valence-corrected chi connectivity index (χ2v) is 7.15. The van der Waals surface area contributed by atoms with Crippen molar-refractivity contribution in [2.45, 2.75) is 57.9 Å². The van der Waals surface area contributed by atoms with Gasteiger partial charge in [0.15, 0.2) is 6.29 Å². The highest BCUT2D eigenvalue weighted by molar-refractivity contribution is 8.00. The summed E-state index contributed by atoms with van der Waals surface area (Å²) >= 11 is 1.31. The fourth-order valence-corrected chi connectivity index (χ4v) is 3.79. The Morgan fingerprint density at radius 2 is 2.16 bits per heavy atom. The van der Waals surface area contributed by atoms with Crippen molar-refractivity contribution in [2.75, 3.05) is 5.75 Å². The molecule has 3 unspecified atom stereocenters. The van der Waals surface area contributed by atoms with Gasteiger partial charge in [-0.15, -0.1) is 11.8 Å². The van der Waals surface area contributed by atoms with Crippen LogP contribution in [0.4, 0.5) is 0 Å². The molecule has 110 valence electrons. The number of hydrogen-bond donors (Lipinski definition) is 1. The van der Waals surface area contributed by atoms with E-state index in [-0.39, 0.29) is 12.1 Å². The summed E-state index contributed by atoms with van der Waals surface area (Å²) in [6.07, 6.45) is 2.43. The van der Waals surface area contributed by atoms with Gasteiger partial charge in [0, 0.05) is 5.75 Å². The smallest absolute Gasteiger partial charge is 0.346 e. The molecule has 5 heteroatoms. The highest BCUT2D eigenvalue weighted by Crippen LogP contribution is 2.36. The van der Waals surface area contributed by atoms with E-state index in [2.05, 4.69) is 20.8 Å². The Morgan fingerprint density at radius 1 is 1.42 bits per heavy atom. The van der Waals surface area contributed by atoms with Crippen molar-refractivity contribution >= 4 is 17.7 Å². The summed E-state index contributed by atoms with van der Waals surface area (Å²) in [6.45, 7) is 6.58. The molecular formula is C14H24O4S. The first kappa shape index (κ1) is 15.1. The van der Waals surface area contributed by atoms with Gasteiger partial charge in [-0.1, -0.05) is 27.2 Å². The molecule has 5 atom stereocenters. The predicted molar refractivity (Wildman–Crippen MR) is 74.6 cm³/mol. The van der Waals surface area contributed by atoms with E-state index < -0.39 is 11.7 Å². The predicted octanol–water partition coefficient (Wildman–Crippen LogP) is 2.40. The maximum absolute atomic E-state index is 12.1. The molecule has 1 saturated heterocycles. The number of rotatable bonds is 3. The van der Waals surface area contributed by atoms with Gasteiger partial charge in [0.05, 0.1) is 0 Å². The van der Waals surface area contributed by atoms with Crippen molar-refractivity contribution in [3.63, 3.8) is 0 Å². The zero-order chi connectivity index (χ0) is 14.0. The van der Waals surface area contributed by atoms with E-state index in [0.717, 1.165) is 12.8 Å². The van der Waals surface area contributed by atoms with Crippen LogP contribution >= 0.6 is 11.8 Å². The Morgan fingerprint density at radius 3 is 2.74 bits per heavy atom. The number of carbonyl (C=O) groups excluding carboxylic acids is 1. The van der Waals surface area contributed by atoms with Crippen LogP contribution in [0.25, 0.3) is 0 Å². The van der Waals surface area contributed by atoms with Crippen molar-refractivity contribution in [2.24, 2.45) is 17.8 Å². The van der Waals surface area contributed by atoms with Gasteiger partial charge in [-0.05, 0) is 30.6 Å². The molecule has 0 bridgehead atoms. The lowest BCUT2D eigenvalue weighted by atomic mass is 9.75. The minimum Gasteiger partial charge on any atom is -0.459 e. The van der Waals surface area contributed by atoms with Gasteiger partial charge < -0.3 is 14.6 Å². The van der Waals surface area contributed by atoms with Gasteiger partial charge in [0.25, 0.3) is 0 Å². The molecular weight excluding hydrogens is 264 g/mol. The topological polar surface area (TPSA) is 55.8 Å². The molecule has 1 N–H and O–H groups in total. The number of esters is 1. The monoisotopic (exact) mass is 288 g/mol. The van der Waals surface area contributed by atoms with Crippen molar-refractivity contribution in [1.29, 1.82) is 0 Å². The largest absolute Gasteiger partial charge is 0.459 e. The maximum atomic E-state index is 12.1. The van der Waals surface area contributed by atoms with Crippen LogP contribution < -0.4 is 0 Å². The van der Waals surface area contributed by atoms with Gasteiger partial charge in [-0.2, -0.15) is 0 Å². The lowest BCUT2D eigenvalue weighted by molar-refractivity contribution is -0.172. The third-order valence-electron chi connectivity index (χ3n) is 4.09. The Hall–Kier alpha value is -0.260. The van der Waals surface area contributed by atoms with Crippen LogP contribution in [0.15, 0.2) is 0 Å². The van der Waals surface area contributed by atoms with Crippen LogP contribution in [0, 0.1) is 17.8 Å². The Labute approximate surface area is 119 Å². The number of ether oxygens (including phenoxy) is 2. The molecule has 0 radical (unpaired) electrons. The first-order chi connectivity index (χ1) is 8.97. The minimum atomic E-state index is -0.839. The van der Waals surface area contributed by atoms with Gasteiger partial charge >= 0.3 is 5.97 Å². The molecule has 2 rings (SSSR count). The zero-order valence-electron chi connectivity index (χ0n) is 11.9. The quantitative estimate of drug-likeness (QED) is 0.808. The Kier molecular flexibility index (Phi) is 5.15. The molecule has 1 aliphatic carbocycles. The van der Waals surface area contributed by atoms with Crippen LogP contribution in [0.2, 0.25) is 0 Å². The Bertz CT molecular complexity index is 321. The normalized spacial score (nSPS) is 39.5. The molecule has 2 fully saturated rings. The highest BCUT2D eigenvalue weighted by Gasteiger charge is 2.37. The molecule has 0 aromatic rings. The average molecular weight is 288 g/mol. The molecule has 0 amide bonds. The summed E-state index contributed by atoms with van der Waals surface area (Å²) in [5.41, 5.74) is -0.653. The van der Waals surface area contributed by atoms with Crippen LogP contribution in [0.1, 0.15) is 40.0 Å². The first-order valence-electron chi connectivity index (χ1n) is 7.13. The molecule has 0 aromatic carbocycles. The summed E-state index contributed by atoms with van der Waals surface area (Å²) in [6, 6.07) is 0. The molecule has 2 aliphatic rings. The van der Waals surface area contributed by atoms with Crippen LogP contribution in [-0.4, -0.2) is 34.7 Å². The number of thioether (sulfide) groups is 1. The summed E-state index contributed by atoms with van der Waals surface area (Å²) in [4.78, 5) is 12.1. The van der Waals surface area contributed by atoms with Crippen LogP contribution in [-0.2, 0) is 14.3 Å². The summed E-state index contributed by atoms with van der Waals surface area (Å²) in [7, 11) is 0. The second kappa shape index (κ2) is 6.46. The molecule has 4 nitrogen and oxygen atoms in total. The third kappa shape index (κ3) is 3.86. The van der Waals surface area contributed by atoms with E-state index >= 15 is 0 Å². The molecule has 19 heavy (non-hydrogen) atoms. The van der Waals surface area contributed by atoms with E-state index in [1.54, 1.807) is 0 Å². The minimum absolute atomic E-state index is 0.00167. The molecule has 1 saturated carbocycles. The number of hydrogen-bond acceptors (Lipinski definition) is 5. The third-order valence-corrected chi connectivity index (χ3v) is 5.18. The SMILES string of the molecule is CC1CC[C@@H](C(C)C)C(OC(=O)[C@@H]2OC(O)CS2)C1. The van der Waals surface area contributed by atoms with Crippen molar-refractivity contribution in [3.05, 3.63) is 0 Å². The number of carbonyl (C=O) groups is 1. The van der Waals surface area contributed by atoms with Crippen molar-refractivity contribution < 1.29 is 19.4 Å². The van der Waals surface area contributed by atoms with E-state index in [4.69, 9.17) is 9.47 Å². The van der Waals surface area contributed by atoms with E-state index in [1.165, 1.54) is 18.2 Å². The van der Waals surface area contributed by atoms with E-state index in [9.17, 15) is 9.90 Å². The summed E-state index contributed by atoms with van der Waals surface area (Å²) in [5.74, 6) is 1.68. The van der Waals surface area contributed by atoms with Crippen LogP contribution in [0.5, 0.6) is 0 Å². The molecule has 1 aliphatic heterocycles. The highest BCUT2D eigenvalue weighted by atomic mass is 32.2. The molecule has 0 aromatic heterocycles. The van der Waals surface area contributed by atoms with Crippen molar-refractivity contribution in [1.82, 2.24) is 0 Å². The van der Waals surface area contributed by atoms with E-state index in [0.29, 0.717) is 23.5 Å². The van der Waals surface area contributed by atoms with E-state index in [1.807, 2.05) is 0 Å². The number of aliphatic hydroxyl groups is 1. The Balaban J connectivity index is 1.92. The average Bonchev–Trinajstić information content (AvgIpc) is 2.75. The summed E-state index contributed by atoms with van der Waals surface area (Å²) in [5, 5.41) is 9.29. The second-order valence-electron chi connectivity index (χ2n) is 6.06. The zero-order valence-corrected chi connectivity index (χ0v) is 12.7. The number of aliphatic hydroxyl groups excluding tert-OH is 1. The lowest BCUT2D eigenvalue weighted by Gasteiger charge is -2.37.